The molecule has 0 amide bonds. The van der Waals surface area contributed by atoms with E-state index in [0.717, 1.165) is 5.99 Å². The van der Waals surface area contributed by atoms with Gasteiger partial charge in [-0.05, 0) is 12.2 Å². The molecule has 0 saturated heterocycles. The van der Waals surface area contributed by atoms with Crippen LogP contribution in [0.3, 0.4) is 0 Å². The molecule has 0 aromatic rings. The molecule has 0 aromatic heterocycles. The molecule has 0 N–H and O–H groups in total. The van der Waals surface area contributed by atoms with Crippen molar-refractivity contribution in [2.45, 2.75) is 39.8 Å². The van der Waals surface area contributed by atoms with Gasteiger partial charge in [0, 0.05) is 0 Å². The molecule has 0 saturated carbocycles. The molecule has 0 unspecified atom stereocenters. The molecule has 54 valence electrons. The minimum atomic E-state index is 0.821. The molecule has 2 heteroatoms. The van der Waals surface area contributed by atoms with E-state index in [4.69, 9.17) is 0 Å². The van der Waals surface area contributed by atoms with Gasteiger partial charge in [-0.2, -0.15) is 0 Å². The SMILES string of the molecule is CCCCCSB(C)C. The Morgan fingerprint density at radius 2 is 1.89 bits per heavy atom. The predicted octanol–water partition coefficient (Wildman–Crippen LogP) is 3.16. The monoisotopic (exact) mass is 144 g/mol. The second-order valence-electron chi connectivity index (χ2n) is 2.63. The standard InChI is InChI=1S/C7H17BS/c1-4-5-6-7-9-8(2)3/h4-7H2,1-3H3. The summed E-state index contributed by atoms with van der Waals surface area (Å²) in [6, 6.07) is 0. The van der Waals surface area contributed by atoms with Gasteiger partial charge in [0.05, 0.1) is 0 Å². The lowest BCUT2D eigenvalue weighted by molar-refractivity contribution is 0.779. The Balaban J connectivity index is 2.75. The van der Waals surface area contributed by atoms with Crippen molar-refractivity contribution in [3.8, 4) is 0 Å². The van der Waals surface area contributed by atoms with Crippen molar-refractivity contribution >= 4 is 17.6 Å². The van der Waals surface area contributed by atoms with E-state index in [1.165, 1.54) is 25.0 Å². The first-order valence-electron chi connectivity index (χ1n) is 3.89. The van der Waals surface area contributed by atoms with Crippen LogP contribution in [0.25, 0.3) is 0 Å². The van der Waals surface area contributed by atoms with E-state index in [9.17, 15) is 0 Å². The number of hydrogen-bond acceptors (Lipinski definition) is 1. The highest BCUT2D eigenvalue weighted by atomic mass is 32.2. The fourth-order valence-corrected chi connectivity index (χ4v) is 1.51. The highest BCUT2D eigenvalue weighted by Crippen LogP contribution is 2.09. The maximum Gasteiger partial charge on any atom is 0.203 e. The van der Waals surface area contributed by atoms with E-state index >= 15 is 0 Å². The first kappa shape index (κ1) is 9.41. The van der Waals surface area contributed by atoms with Crippen LogP contribution in [-0.2, 0) is 0 Å². The van der Waals surface area contributed by atoms with E-state index in [-0.39, 0.29) is 0 Å². The summed E-state index contributed by atoms with van der Waals surface area (Å²) in [5.41, 5.74) is 0. The van der Waals surface area contributed by atoms with Crippen LogP contribution in [0.1, 0.15) is 26.2 Å². The van der Waals surface area contributed by atoms with Gasteiger partial charge in [0.1, 0.15) is 0 Å². The molecule has 0 nitrogen and oxygen atoms in total. The van der Waals surface area contributed by atoms with E-state index in [0.29, 0.717) is 0 Å². The maximum atomic E-state index is 2.26. The lowest BCUT2D eigenvalue weighted by atomic mass is 9.84. The van der Waals surface area contributed by atoms with Crippen LogP contribution in [0.15, 0.2) is 0 Å². The second kappa shape index (κ2) is 6.53. The summed E-state index contributed by atoms with van der Waals surface area (Å²) < 4.78 is 0. The Morgan fingerprint density at radius 3 is 2.33 bits per heavy atom. The predicted molar refractivity (Wildman–Crippen MR) is 49.5 cm³/mol. The Labute approximate surface area is 63.8 Å². The molecule has 0 aromatic carbocycles. The van der Waals surface area contributed by atoms with Gasteiger partial charge in [-0.1, -0.05) is 33.4 Å². The molecule has 0 spiro atoms. The smallest absolute Gasteiger partial charge is 0.203 e. The third-order valence-corrected chi connectivity index (χ3v) is 2.39. The van der Waals surface area contributed by atoms with Crippen molar-refractivity contribution < 1.29 is 0 Å². The summed E-state index contributed by atoms with van der Waals surface area (Å²) in [6.07, 6.45) is 4.15. The molecule has 0 heterocycles. The number of hydrogen-bond donors (Lipinski definition) is 0. The second-order valence-corrected chi connectivity index (χ2v) is 4.31. The Morgan fingerprint density at radius 1 is 1.22 bits per heavy atom. The van der Waals surface area contributed by atoms with Crippen molar-refractivity contribution in [2.24, 2.45) is 0 Å². The summed E-state index contributed by atoms with van der Waals surface area (Å²) in [7, 11) is 0. The molecule has 0 aliphatic rings. The molecule has 0 atom stereocenters. The Bertz CT molecular complexity index is 54.9. The first-order chi connectivity index (χ1) is 4.27. The largest absolute Gasteiger partial charge is 0.211 e. The summed E-state index contributed by atoms with van der Waals surface area (Å²) >= 11 is 2.07. The fraction of sp³-hybridized carbons (Fsp3) is 1.00. The average Bonchev–Trinajstić information content (AvgIpc) is 1.80. The van der Waals surface area contributed by atoms with Gasteiger partial charge in [0.2, 0.25) is 5.99 Å². The lowest BCUT2D eigenvalue weighted by Gasteiger charge is -1.99. The van der Waals surface area contributed by atoms with Gasteiger partial charge < -0.3 is 0 Å². The Kier molecular flexibility index (Phi) is 6.84. The molecule has 9 heavy (non-hydrogen) atoms. The van der Waals surface area contributed by atoms with Gasteiger partial charge in [-0.25, -0.2) is 11.6 Å². The summed E-state index contributed by atoms with van der Waals surface area (Å²) in [4.78, 5) is 0. The maximum absolute atomic E-state index is 2.26. The molecule has 0 rings (SSSR count). The zero-order valence-electron chi connectivity index (χ0n) is 6.81. The molecule has 0 radical (unpaired) electrons. The van der Waals surface area contributed by atoms with Gasteiger partial charge in [0.25, 0.3) is 0 Å². The molecule has 0 aliphatic carbocycles. The minimum absolute atomic E-state index is 0.821. The van der Waals surface area contributed by atoms with Crippen LogP contribution < -0.4 is 0 Å². The molecular weight excluding hydrogens is 127 g/mol. The normalized spacial score (nSPS) is 9.67. The van der Waals surface area contributed by atoms with Crippen molar-refractivity contribution in [1.82, 2.24) is 0 Å². The topological polar surface area (TPSA) is 0 Å². The van der Waals surface area contributed by atoms with Gasteiger partial charge in [0.15, 0.2) is 0 Å². The van der Waals surface area contributed by atoms with Crippen LogP contribution in [-0.4, -0.2) is 11.7 Å². The highest BCUT2D eigenvalue weighted by molar-refractivity contribution is 8.25. The van der Waals surface area contributed by atoms with Crippen LogP contribution in [0.2, 0.25) is 13.6 Å². The van der Waals surface area contributed by atoms with Gasteiger partial charge in [-0.15, -0.1) is 0 Å². The quantitative estimate of drug-likeness (QED) is 0.421. The van der Waals surface area contributed by atoms with Crippen molar-refractivity contribution in [3.63, 3.8) is 0 Å². The summed E-state index contributed by atoms with van der Waals surface area (Å²) in [5, 5.41) is 0. The van der Waals surface area contributed by atoms with Gasteiger partial charge >= 0.3 is 0 Å². The van der Waals surface area contributed by atoms with E-state index < -0.39 is 0 Å². The van der Waals surface area contributed by atoms with Crippen LogP contribution in [0.4, 0.5) is 0 Å². The van der Waals surface area contributed by atoms with E-state index in [2.05, 4.69) is 32.2 Å². The molecular formula is C7H17BS. The van der Waals surface area contributed by atoms with Crippen LogP contribution in [0, 0.1) is 0 Å². The average molecular weight is 144 g/mol. The van der Waals surface area contributed by atoms with Crippen LogP contribution >= 0.6 is 11.6 Å². The Hall–Kier alpha value is 0.415. The number of rotatable bonds is 5. The van der Waals surface area contributed by atoms with Crippen molar-refractivity contribution in [1.29, 1.82) is 0 Å². The van der Waals surface area contributed by atoms with Crippen LogP contribution in [0.5, 0.6) is 0 Å². The fourth-order valence-electron chi connectivity index (χ4n) is 0.671. The zero-order chi connectivity index (χ0) is 7.11. The summed E-state index contributed by atoms with van der Waals surface area (Å²) in [6.45, 7) is 6.77. The van der Waals surface area contributed by atoms with Crippen molar-refractivity contribution in [3.05, 3.63) is 0 Å². The lowest BCUT2D eigenvalue weighted by Crippen LogP contribution is -1.94. The van der Waals surface area contributed by atoms with Crippen molar-refractivity contribution in [2.75, 3.05) is 5.75 Å². The third-order valence-electron chi connectivity index (χ3n) is 1.20. The highest BCUT2D eigenvalue weighted by Gasteiger charge is 1.96. The summed E-state index contributed by atoms with van der Waals surface area (Å²) in [5.74, 6) is 2.17. The van der Waals surface area contributed by atoms with Gasteiger partial charge in [-0.3, -0.25) is 0 Å². The molecule has 0 bridgehead atoms. The minimum Gasteiger partial charge on any atom is -0.211 e. The zero-order valence-corrected chi connectivity index (χ0v) is 7.63. The molecule has 0 aliphatic heterocycles. The molecule has 0 fully saturated rings. The number of unbranched alkanes of at least 4 members (excludes halogenated alkanes) is 2. The van der Waals surface area contributed by atoms with E-state index in [1.807, 2.05) is 0 Å². The first-order valence-corrected chi connectivity index (χ1v) is 4.93. The third kappa shape index (κ3) is 8.41. The van der Waals surface area contributed by atoms with E-state index in [1.54, 1.807) is 0 Å².